The van der Waals surface area contributed by atoms with Gasteiger partial charge in [-0.1, -0.05) is 0 Å². The summed E-state index contributed by atoms with van der Waals surface area (Å²) in [7, 11) is 0. The topological polar surface area (TPSA) is 106 Å². The van der Waals surface area contributed by atoms with Crippen molar-refractivity contribution < 1.29 is 13.5 Å². The quantitative estimate of drug-likeness (QED) is 0.541. The minimum absolute atomic E-state index is 0.222. The van der Waals surface area contributed by atoms with Crippen molar-refractivity contribution in [2.24, 2.45) is 0 Å². The molecule has 9 nitrogen and oxygen atoms in total. The summed E-state index contributed by atoms with van der Waals surface area (Å²) in [5.41, 5.74) is 1.21. The monoisotopic (exact) mass is 364 g/mol. The SMILES string of the molecule is FC(F)Oc1cc(Nc2cnc3cnn(Cc4nccs4)c3n2)[nH]n1. The Morgan fingerprint density at radius 3 is 3.04 bits per heavy atom. The molecule has 0 amide bonds. The van der Waals surface area contributed by atoms with Gasteiger partial charge >= 0.3 is 6.61 Å². The Morgan fingerprint density at radius 1 is 1.32 bits per heavy atom. The maximum Gasteiger partial charge on any atom is 0.388 e. The van der Waals surface area contributed by atoms with Gasteiger partial charge in [0, 0.05) is 17.6 Å². The number of hydrogen-bond acceptors (Lipinski definition) is 8. The number of ether oxygens (including phenoxy) is 1. The Hall–Kier alpha value is -3.15. The van der Waals surface area contributed by atoms with E-state index < -0.39 is 6.61 Å². The molecule has 0 aliphatic heterocycles. The zero-order valence-corrected chi connectivity index (χ0v) is 13.2. The van der Waals surface area contributed by atoms with Gasteiger partial charge in [0.25, 0.3) is 0 Å². The summed E-state index contributed by atoms with van der Waals surface area (Å²) < 4.78 is 30.2. The summed E-state index contributed by atoms with van der Waals surface area (Å²) in [4.78, 5) is 12.9. The van der Waals surface area contributed by atoms with Crippen LogP contribution in [0.2, 0.25) is 0 Å². The molecule has 0 unspecified atom stereocenters. The largest absolute Gasteiger partial charge is 0.415 e. The van der Waals surface area contributed by atoms with E-state index in [1.165, 1.54) is 23.6 Å². The normalized spacial score (nSPS) is 11.3. The summed E-state index contributed by atoms with van der Waals surface area (Å²) in [6, 6.07) is 1.30. The van der Waals surface area contributed by atoms with Gasteiger partial charge in [-0.25, -0.2) is 19.6 Å². The van der Waals surface area contributed by atoms with Crippen LogP contribution >= 0.6 is 11.3 Å². The van der Waals surface area contributed by atoms with E-state index in [-0.39, 0.29) is 5.88 Å². The molecular weight excluding hydrogens is 354 g/mol. The average molecular weight is 364 g/mol. The van der Waals surface area contributed by atoms with Crippen molar-refractivity contribution in [3.05, 3.63) is 35.0 Å². The van der Waals surface area contributed by atoms with Gasteiger partial charge in [0.1, 0.15) is 16.3 Å². The fraction of sp³-hybridized carbons (Fsp3) is 0.154. The molecule has 4 aromatic rings. The van der Waals surface area contributed by atoms with Gasteiger partial charge in [0.05, 0.1) is 18.9 Å². The molecular formula is C13H10F2N8OS. The summed E-state index contributed by atoms with van der Waals surface area (Å²) >= 11 is 1.52. The Balaban J connectivity index is 1.57. The van der Waals surface area contributed by atoms with Crippen LogP contribution in [-0.4, -0.2) is 41.5 Å². The highest BCUT2D eigenvalue weighted by Crippen LogP contribution is 2.20. The first-order valence-corrected chi connectivity index (χ1v) is 7.89. The number of aromatic amines is 1. The van der Waals surface area contributed by atoms with Gasteiger partial charge in [0.15, 0.2) is 11.5 Å². The van der Waals surface area contributed by atoms with Crippen LogP contribution in [-0.2, 0) is 6.54 Å². The molecule has 25 heavy (non-hydrogen) atoms. The van der Waals surface area contributed by atoms with Crippen molar-refractivity contribution in [2.75, 3.05) is 5.32 Å². The third-order valence-corrected chi connectivity index (χ3v) is 3.91. The van der Waals surface area contributed by atoms with Crippen LogP contribution in [0, 0.1) is 0 Å². The minimum Gasteiger partial charge on any atom is -0.415 e. The lowest BCUT2D eigenvalue weighted by Gasteiger charge is -2.03. The Kier molecular flexibility index (Phi) is 3.93. The maximum atomic E-state index is 12.2. The number of alkyl halides is 2. The first-order valence-electron chi connectivity index (χ1n) is 7.01. The summed E-state index contributed by atoms with van der Waals surface area (Å²) in [5.74, 6) is 0.524. The molecule has 0 atom stereocenters. The van der Waals surface area contributed by atoms with E-state index in [4.69, 9.17) is 0 Å². The smallest absolute Gasteiger partial charge is 0.388 e. The number of H-pyrrole nitrogens is 1. The van der Waals surface area contributed by atoms with Gasteiger partial charge in [-0.15, -0.1) is 16.4 Å². The van der Waals surface area contributed by atoms with Crippen LogP contribution in [0.4, 0.5) is 20.4 Å². The van der Waals surface area contributed by atoms with Crippen LogP contribution in [0.15, 0.2) is 30.0 Å². The zero-order valence-electron chi connectivity index (χ0n) is 12.4. The fourth-order valence-corrected chi connectivity index (χ4v) is 2.74. The van der Waals surface area contributed by atoms with Gasteiger partial charge in [-0.05, 0) is 0 Å². The van der Waals surface area contributed by atoms with Crippen molar-refractivity contribution in [1.82, 2.24) is 34.9 Å². The number of nitrogens with zero attached hydrogens (tertiary/aromatic N) is 6. The highest BCUT2D eigenvalue weighted by atomic mass is 32.1. The van der Waals surface area contributed by atoms with Gasteiger partial charge in [0.2, 0.25) is 5.88 Å². The van der Waals surface area contributed by atoms with E-state index in [9.17, 15) is 8.78 Å². The number of fused-ring (bicyclic) bond motifs is 1. The second-order valence-electron chi connectivity index (χ2n) is 4.82. The summed E-state index contributed by atoms with van der Waals surface area (Å²) in [5, 5.41) is 16.1. The predicted octanol–water partition coefficient (Wildman–Crippen LogP) is 2.40. The molecule has 0 radical (unpaired) electrons. The molecule has 0 aliphatic rings. The number of halogens is 2. The molecule has 12 heteroatoms. The van der Waals surface area contributed by atoms with Gasteiger partial charge in [-0.3, -0.25) is 5.10 Å². The van der Waals surface area contributed by atoms with E-state index in [2.05, 4.69) is 40.3 Å². The molecule has 0 spiro atoms. The van der Waals surface area contributed by atoms with E-state index in [1.54, 1.807) is 17.1 Å². The van der Waals surface area contributed by atoms with Crippen molar-refractivity contribution >= 4 is 34.1 Å². The molecule has 4 aromatic heterocycles. The predicted molar refractivity (Wildman–Crippen MR) is 85.0 cm³/mol. The van der Waals surface area contributed by atoms with E-state index >= 15 is 0 Å². The first-order chi connectivity index (χ1) is 12.2. The molecule has 2 N–H and O–H groups in total. The highest BCUT2D eigenvalue weighted by Gasteiger charge is 2.11. The van der Waals surface area contributed by atoms with Crippen LogP contribution in [0.5, 0.6) is 5.88 Å². The van der Waals surface area contributed by atoms with Crippen LogP contribution in [0.25, 0.3) is 11.2 Å². The molecule has 4 heterocycles. The van der Waals surface area contributed by atoms with Crippen LogP contribution in [0.1, 0.15) is 5.01 Å². The molecule has 0 saturated carbocycles. The Bertz CT molecular complexity index is 983. The second-order valence-corrected chi connectivity index (χ2v) is 5.79. The lowest BCUT2D eigenvalue weighted by atomic mass is 10.5. The number of aromatic nitrogens is 7. The summed E-state index contributed by atoms with van der Waals surface area (Å²) in [6.45, 7) is -2.46. The Labute approximate surface area is 142 Å². The molecule has 0 fully saturated rings. The number of hydrogen-bond donors (Lipinski definition) is 2. The van der Waals surface area contributed by atoms with E-state index in [1.807, 2.05) is 5.38 Å². The number of anilines is 2. The van der Waals surface area contributed by atoms with E-state index in [0.29, 0.717) is 29.3 Å². The molecule has 0 bridgehead atoms. The third-order valence-electron chi connectivity index (χ3n) is 3.14. The Morgan fingerprint density at radius 2 is 2.24 bits per heavy atom. The van der Waals surface area contributed by atoms with Crippen LogP contribution < -0.4 is 10.1 Å². The molecule has 4 rings (SSSR count). The summed E-state index contributed by atoms with van der Waals surface area (Å²) in [6.07, 6.45) is 4.85. The molecule has 0 aromatic carbocycles. The lowest BCUT2D eigenvalue weighted by Crippen LogP contribution is -2.03. The van der Waals surface area contributed by atoms with Crippen molar-refractivity contribution in [3.8, 4) is 5.88 Å². The van der Waals surface area contributed by atoms with Crippen molar-refractivity contribution in [2.45, 2.75) is 13.2 Å². The molecule has 128 valence electrons. The average Bonchev–Trinajstić information content (AvgIpc) is 3.30. The van der Waals surface area contributed by atoms with Crippen LogP contribution in [0.3, 0.4) is 0 Å². The minimum atomic E-state index is -2.94. The first kappa shape index (κ1) is 15.4. The molecule has 0 aliphatic carbocycles. The number of nitrogens with one attached hydrogen (secondary N) is 2. The van der Waals surface area contributed by atoms with Gasteiger partial charge in [-0.2, -0.15) is 13.9 Å². The zero-order chi connectivity index (χ0) is 17.2. The van der Waals surface area contributed by atoms with Crippen molar-refractivity contribution in [3.63, 3.8) is 0 Å². The second kappa shape index (κ2) is 6.39. The number of thiazole rings is 1. The van der Waals surface area contributed by atoms with Gasteiger partial charge < -0.3 is 10.1 Å². The maximum absolute atomic E-state index is 12.2. The third kappa shape index (κ3) is 3.38. The standard InChI is InChI=1S/C13H10F2N8OS/c14-13(15)24-10-3-8(21-22-10)19-9-5-17-7-4-18-23(12(7)20-9)6-11-16-1-2-25-11/h1-5,13H,6H2,(H2,19,20,21,22). The highest BCUT2D eigenvalue weighted by molar-refractivity contribution is 7.09. The van der Waals surface area contributed by atoms with Crippen molar-refractivity contribution in [1.29, 1.82) is 0 Å². The van der Waals surface area contributed by atoms with E-state index in [0.717, 1.165) is 5.01 Å². The number of rotatable bonds is 6. The fourth-order valence-electron chi connectivity index (χ4n) is 2.14. The molecule has 0 saturated heterocycles. The lowest BCUT2D eigenvalue weighted by molar-refractivity contribution is -0.0528.